The zero-order valence-electron chi connectivity index (χ0n) is 13.6. The smallest absolute Gasteiger partial charge is 0.307 e. The molecule has 1 aromatic heterocycles. The molecule has 7 heteroatoms. The SMILES string of the molecule is Cc1csc(=O)n1CCC(=O)N1CCN(c2ccccc2F)CC1. The van der Waals surface area contributed by atoms with Crippen LogP contribution in [0, 0.1) is 12.7 Å². The van der Waals surface area contributed by atoms with E-state index < -0.39 is 0 Å². The Kier molecular flexibility index (Phi) is 4.99. The number of thiazole rings is 1. The molecule has 0 N–H and O–H groups in total. The average Bonchev–Trinajstić information content (AvgIpc) is 2.91. The number of piperazine rings is 1. The van der Waals surface area contributed by atoms with Crippen LogP contribution in [0.5, 0.6) is 0 Å². The van der Waals surface area contributed by atoms with Crippen molar-refractivity contribution in [2.45, 2.75) is 19.9 Å². The first kappa shape index (κ1) is 16.7. The lowest BCUT2D eigenvalue weighted by Crippen LogP contribution is -2.49. The number of hydrogen-bond acceptors (Lipinski definition) is 4. The summed E-state index contributed by atoms with van der Waals surface area (Å²) in [5.41, 5.74) is 1.48. The van der Waals surface area contributed by atoms with Gasteiger partial charge in [0.1, 0.15) is 5.82 Å². The van der Waals surface area contributed by atoms with E-state index in [1.807, 2.05) is 17.9 Å². The van der Waals surface area contributed by atoms with E-state index in [0.29, 0.717) is 44.8 Å². The van der Waals surface area contributed by atoms with Crippen LogP contribution in [-0.2, 0) is 11.3 Å². The zero-order valence-corrected chi connectivity index (χ0v) is 14.4. The van der Waals surface area contributed by atoms with Crippen LogP contribution >= 0.6 is 11.3 Å². The maximum absolute atomic E-state index is 13.8. The van der Waals surface area contributed by atoms with E-state index in [4.69, 9.17) is 0 Å². The lowest BCUT2D eigenvalue weighted by Gasteiger charge is -2.36. The highest BCUT2D eigenvalue weighted by Crippen LogP contribution is 2.20. The molecule has 0 unspecified atom stereocenters. The molecule has 2 heterocycles. The average molecular weight is 349 g/mol. The van der Waals surface area contributed by atoms with E-state index >= 15 is 0 Å². The van der Waals surface area contributed by atoms with Gasteiger partial charge in [-0.05, 0) is 19.1 Å². The number of nitrogens with zero attached hydrogens (tertiary/aromatic N) is 3. The van der Waals surface area contributed by atoms with Gasteiger partial charge >= 0.3 is 4.87 Å². The lowest BCUT2D eigenvalue weighted by atomic mass is 10.2. The van der Waals surface area contributed by atoms with E-state index in [2.05, 4.69) is 0 Å². The van der Waals surface area contributed by atoms with Gasteiger partial charge in [0.15, 0.2) is 0 Å². The summed E-state index contributed by atoms with van der Waals surface area (Å²) in [6.45, 7) is 4.67. The van der Waals surface area contributed by atoms with Crippen molar-refractivity contribution in [1.29, 1.82) is 0 Å². The first-order valence-electron chi connectivity index (χ1n) is 7.98. The second kappa shape index (κ2) is 7.17. The standard InChI is InChI=1S/C17H20FN3O2S/c1-13-12-24-17(23)21(13)7-6-16(22)20-10-8-19(9-11-20)15-5-3-2-4-14(15)18/h2-5,12H,6-11H2,1H3. The zero-order chi connectivity index (χ0) is 17.1. The summed E-state index contributed by atoms with van der Waals surface area (Å²) in [6, 6.07) is 6.70. The van der Waals surface area contributed by atoms with Gasteiger partial charge in [0.05, 0.1) is 5.69 Å². The molecular formula is C17H20FN3O2S. The summed E-state index contributed by atoms with van der Waals surface area (Å²) in [4.78, 5) is 27.8. The van der Waals surface area contributed by atoms with E-state index in [0.717, 1.165) is 17.0 Å². The summed E-state index contributed by atoms with van der Waals surface area (Å²) < 4.78 is 15.5. The Labute approximate surface area is 143 Å². The molecule has 3 rings (SSSR count). The molecule has 1 amide bonds. The topological polar surface area (TPSA) is 45.6 Å². The predicted molar refractivity (Wildman–Crippen MR) is 93.1 cm³/mol. The van der Waals surface area contributed by atoms with Gasteiger partial charge in [0.25, 0.3) is 0 Å². The summed E-state index contributed by atoms with van der Waals surface area (Å²) in [6.07, 6.45) is 0.317. The molecule has 0 bridgehead atoms. The van der Waals surface area contributed by atoms with Gasteiger partial charge in [-0.15, -0.1) is 0 Å². The van der Waals surface area contributed by atoms with Crippen LogP contribution in [0.25, 0.3) is 0 Å². The Bertz CT molecular complexity index is 778. The van der Waals surface area contributed by atoms with Gasteiger partial charge < -0.3 is 14.4 Å². The van der Waals surface area contributed by atoms with Gasteiger partial charge in [0, 0.05) is 50.2 Å². The number of rotatable bonds is 4. The van der Waals surface area contributed by atoms with Gasteiger partial charge in [-0.25, -0.2) is 4.39 Å². The van der Waals surface area contributed by atoms with Crippen molar-refractivity contribution >= 4 is 22.9 Å². The molecule has 1 aliphatic rings. The minimum absolute atomic E-state index is 0.0235. The monoisotopic (exact) mass is 349 g/mol. The van der Waals surface area contributed by atoms with E-state index in [1.54, 1.807) is 27.0 Å². The number of carbonyl (C=O) groups excluding carboxylic acids is 1. The molecule has 0 atom stereocenters. The predicted octanol–water partition coefficient (Wildman–Crippen LogP) is 2.10. The molecule has 1 aliphatic heterocycles. The Morgan fingerprint density at radius 1 is 1.21 bits per heavy atom. The molecule has 0 radical (unpaired) electrons. The van der Waals surface area contributed by atoms with E-state index in [-0.39, 0.29) is 16.6 Å². The minimum Gasteiger partial charge on any atom is -0.366 e. The maximum Gasteiger partial charge on any atom is 0.307 e. The van der Waals surface area contributed by atoms with Gasteiger partial charge in [-0.1, -0.05) is 23.5 Å². The van der Waals surface area contributed by atoms with Crippen LogP contribution in [0.2, 0.25) is 0 Å². The summed E-state index contributed by atoms with van der Waals surface area (Å²) in [5.74, 6) is -0.190. The Morgan fingerprint density at radius 3 is 2.54 bits per heavy atom. The lowest BCUT2D eigenvalue weighted by molar-refractivity contribution is -0.131. The third kappa shape index (κ3) is 3.51. The first-order chi connectivity index (χ1) is 11.6. The second-order valence-electron chi connectivity index (χ2n) is 5.86. The fraction of sp³-hybridized carbons (Fsp3) is 0.412. The second-order valence-corrected chi connectivity index (χ2v) is 6.68. The number of carbonyl (C=O) groups is 1. The van der Waals surface area contributed by atoms with Crippen molar-refractivity contribution in [2.75, 3.05) is 31.1 Å². The highest BCUT2D eigenvalue weighted by molar-refractivity contribution is 7.07. The molecule has 1 saturated heterocycles. The summed E-state index contributed by atoms with van der Waals surface area (Å²) >= 11 is 1.16. The van der Waals surface area contributed by atoms with Crippen molar-refractivity contribution in [3.8, 4) is 0 Å². The molecule has 24 heavy (non-hydrogen) atoms. The highest BCUT2D eigenvalue weighted by Gasteiger charge is 2.22. The normalized spacial score (nSPS) is 14.9. The molecule has 0 saturated carbocycles. The first-order valence-corrected chi connectivity index (χ1v) is 8.86. The molecule has 0 spiro atoms. The Hall–Kier alpha value is -2.15. The third-order valence-electron chi connectivity index (χ3n) is 4.35. The van der Waals surface area contributed by atoms with Crippen LogP contribution in [0.15, 0.2) is 34.4 Å². The number of hydrogen-bond donors (Lipinski definition) is 0. The maximum atomic E-state index is 13.8. The van der Waals surface area contributed by atoms with Crippen LogP contribution < -0.4 is 9.77 Å². The van der Waals surface area contributed by atoms with Crippen LogP contribution in [0.3, 0.4) is 0 Å². The summed E-state index contributed by atoms with van der Waals surface area (Å²) in [7, 11) is 0. The number of aromatic nitrogens is 1. The molecule has 2 aromatic rings. The van der Waals surface area contributed by atoms with E-state index in [1.165, 1.54) is 6.07 Å². The third-order valence-corrected chi connectivity index (χ3v) is 5.23. The van der Waals surface area contributed by atoms with Crippen molar-refractivity contribution in [3.63, 3.8) is 0 Å². The quantitative estimate of drug-likeness (QED) is 0.849. The number of para-hydroxylation sites is 1. The number of aryl methyl sites for hydroxylation is 1. The largest absolute Gasteiger partial charge is 0.366 e. The fourth-order valence-corrected chi connectivity index (χ4v) is 3.71. The summed E-state index contributed by atoms with van der Waals surface area (Å²) in [5, 5.41) is 1.81. The van der Waals surface area contributed by atoms with E-state index in [9.17, 15) is 14.0 Å². The molecule has 128 valence electrons. The molecule has 1 aromatic carbocycles. The van der Waals surface area contributed by atoms with Crippen LogP contribution in [0.1, 0.15) is 12.1 Å². The minimum atomic E-state index is -0.232. The van der Waals surface area contributed by atoms with Crippen molar-refractivity contribution < 1.29 is 9.18 Å². The number of halogens is 1. The molecule has 1 fully saturated rings. The van der Waals surface area contributed by atoms with Gasteiger partial charge in [0.2, 0.25) is 5.91 Å². The van der Waals surface area contributed by atoms with Crippen molar-refractivity contribution in [1.82, 2.24) is 9.47 Å². The highest BCUT2D eigenvalue weighted by atomic mass is 32.1. The van der Waals surface area contributed by atoms with Crippen molar-refractivity contribution in [2.24, 2.45) is 0 Å². The number of anilines is 1. The van der Waals surface area contributed by atoms with Crippen molar-refractivity contribution in [3.05, 3.63) is 50.8 Å². The number of amides is 1. The Morgan fingerprint density at radius 2 is 1.92 bits per heavy atom. The fourth-order valence-electron chi connectivity index (χ4n) is 2.95. The van der Waals surface area contributed by atoms with Gasteiger partial charge in [-0.2, -0.15) is 0 Å². The molecular weight excluding hydrogens is 329 g/mol. The van der Waals surface area contributed by atoms with Crippen LogP contribution in [-0.4, -0.2) is 41.6 Å². The molecule has 0 aliphatic carbocycles. The van der Waals surface area contributed by atoms with Gasteiger partial charge in [-0.3, -0.25) is 9.59 Å². The van der Waals surface area contributed by atoms with Crippen LogP contribution in [0.4, 0.5) is 10.1 Å². The Balaban J connectivity index is 1.54. The number of benzene rings is 1. The molecule has 5 nitrogen and oxygen atoms in total.